The number of nitrogens with zero attached hydrogens (tertiary/aromatic N) is 4. The van der Waals surface area contributed by atoms with Crippen molar-refractivity contribution in [3.63, 3.8) is 0 Å². The van der Waals surface area contributed by atoms with Crippen molar-refractivity contribution >= 4 is 16.6 Å². The van der Waals surface area contributed by atoms with Gasteiger partial charge < -0.3 is 9.42 Å². The monoisotopic (exact) mass is 420 g/mol. The molecule has 31 heavy (non-hydrogen) atoms. The van der Waals surface area contributed by atoms with E-state index in [4.69, 9.17) is 4.52 Å². The number of piperidine rings is 1. The Morgan fingerprint density at radius 1 is 1.16 bits per heavy atom. The summed E-state index contributed by atoms with van der Waals surface area (Å²) in [7, 11) is 0. The fourth-order valence-electron chi connectivity index (χ4n) is 4.61. The molecule has 0 spiro atoms. The molecule has 0 saturated carbocycles. The molecule has 3 aromatic heterocycles. The van der Waals surface area contributed by atoms with E-state index in [1.54, 1.807) is 10.5 Å². The summed E-state index contributed by atoms with van der Waals surface area (Å²) in [6, 6.07) is 8.46. The van der Waals surface area contributed by atoms with Crippen LogP contribution in [0.2, 0.25) is 0 Å². The van der Waals surface area contributed by atoms with Crippen LogP contribution >= 0.6 is 0 Å². The smallest absolute Gasteiger partial charge is 0.261 e. The second-order valence-corrected chi connectivity index (χ2v) is 8.49. The Bertz CT molecular complexity index is 1320. The van der Waals surface area contributed by atoms with E-state index < -0.39 is 0 Å². The Morgan fingerprint density at radius 2 is 1.97 bits per heavy atom. The molecule has 5 rings (SSSR count). The van der Waals surface area contributed by atoms with Gasteiger partial charge in [-0.25, -0.2) is 9.37 Å². The minimum absolute atomic E-state index is 0.0300. The van der Waals surface area contributed by atoms with Crippen molar-refractivity contribution in [1.82, 2.24) is 19.4 Å². The highest BCUT2D eigenvalue weighted by Gasteiger charge is 2.25. The van der Waals surface area contributed by atoms with Crippen LogP contribution in [-0.4, -0.2) is 39.1 Å². The maximum absolute atomic E-state index is 13.4. The summed E-state index contributed by atoms with van der Waals surface area (Å²) in [5.74, 6) is -0.00445. The van der Waals surface area contributed by atoms with Crippen molar-refractivity contribution in [2.45, 2.75) is 39.0 Å². The summed E-state index contributed by atoms with van der Waals surface area (Å²) >= 11 is 0. The number of hydrogen-bond acceptors (Lipinski definition) is 5. The van der Waals surface area contributed by atoms with E-state index in [2.05, 4.69) is 15.0 Å². The molecule has 0 atom stereocenters. The number of halogens is 1. The second kappa shape index (κ2) is 7.89. The third kappa shape index (κ3) is 3.74. The first kappa shape index (κ1) is 19.9. The van der Waals surface area contributed by atoms with Crippen LogP contribution in [0, 0.1) is 19.7 Å². The fourth-order valence-corrected chi connectivity index (χ4v) is 4.61. The third-order valence-electron chi connectivity index (χ3n) is 6.39. The van der Waals surface area contributed by atoms with E-state index in [-0.39, 0.29) is 11.4 Å². The van der Waals surface area contributed by atoms with Crippen LogP contribution in [0.15, 0.2) is 45.8 Å². The lowest BCUT2D eigenvalue weighted by Gasteiger charge is -2.31. The summed E-state index contributed by atoms with van der Waals surface area (Å²) in [5, 5.41) is 5.13. The lowest BCUT2D eigenvalue weighted by molar-refractivity contribution is 0.211. The molecule has 0 unspecified atom stereocenters. The zero-order chi connectivity index (χ0) is 21.5. The molecule has 6 nitrogen and oxygen atoms in total. The molecule has 0 aliphatic carbocycles. The summed E-state index contributed by atoms with van der Waals surface area (Å²) in [4.78, 5) is 20.0. The van der Waals surface area contributed by atoms with Crippen molar-refractivity contribution < 1.29 is 8.91 Å². The average molecular weight is 420 g/mol. The Morgan fingerprint density at radius 3 is 2.77 bits per heavy atom. The highest BCUT2D eigenvalue weighted by molar-refractivity contribution is 5.79. The number of aromatic nitrogens is 3. The van der Waals surface area contributed by atoms with Gasteiger partial charge in [0.1, 0.15) is 11.5 Å². The number of likely N-dealkylation sites (tertiary alicyclic amines) is 1. The Kier molecular flexibility index (Phi) is 5.06. The minimum Gasteiger partial charge on any atom is -0.356 e. The van der Waals surface area contributed by atoms with E-state index in [0.29, 0.717) is 23.6 Å². The molecule has 0 N–H and O–H groups in total. The summed E-state index contributed by atoms with van der Waals surface area (Å²) in [6.45, 7) is 6.58. The number of aryl methyl sites for hydroxylation is 2. The summed E-state index contributed by atoms with van der Waals surface area (Å²) in [6.07, 6.45) is 4.47. The zero-order valence-electron chi connectivity index (χ0n) is 17.8. The first-order valence-electron chi connectivity index (χ1n) is 10.8. The van der Waals surface area contributed by atoms with Crippen LogP contribution in [0.5, 0.6) is 0 Å². The van der Waals surface area contributed by atoms with Crippen LogP contribution in [0.3, 0.4) is 0 Å². The van der Waals surface area contributed by atoms with Crippen LogP contribution < -0.4 is 5.56 Å². The quantitative estimate of drug-likeness (QED) is 0.499. The molecular weight excluding hydrogens is 395 g/mol. The molecular formula is C24H25FN4O2. The van der Waals surface area contributed by atoms with Gasteiger partial charge in [0.2, 0.25) is 0 Å². The lowest BCUT2D eigenvalue weighted by Crippen LogP contribution is -2.35. The van der Waals surface area contributed by atoms with Crippen molar-refractivity contribution in [3.05, 3.63) is 75.2 Å². The van der Waals surface area contributed by atoms with Crippen LogP contribution in [0.4, 0.5) is 4.39 Å². The lowest BCUT2D eigenvalue weighted by atomic mass is 9.91. The van der Waals surface area contributed by atoms with Gasteiger partial charge in [0.25, 0.3) is 5.56 Å². The second-order valence-electron chi connectivity index (χ2n) is 8.49. The predicted octanol–water partition coefficient (Wildman–Crippen LogP) is 4.01. The Labute approximate surface area is 179 Å². The normalized spacial score (nSPS) is 15.8. The highest BCUT2D eigenvalue weighted by Crippen LogP contribution is 2.32. The SMILES string of the molecule is Cc1ccc2nc(C)c(CCN3CCC(c4noc5cc(F)ccc45)CC3)c(=O)n2c1. The summed E-state index contributed by atoms with van der Waals surface area (Å²) < 4.78 is 20.4. The number of rotatable bonds is 4. The number of benzene rings is 1. The average Bonchev–Trinajstić information content (AvgIpc) is 3.17. The predicted molar refractivity (Wildman–Crippen MR) is 117 cm³/mol. The van der Waals surface area contributed by atoms with Crippen molar-refractivity contribution in [3.8, 4) is 0 Å². The summed E-state index contributed by atoms with van der Waals surface area (Å²) in [5.41, 5.74) is 4.79. The molecule has 1 aliphatic heterocycles. The van der Waals surface area contributed by atoms with Crippen molar-refractivity contribution in [2.75, 3.05) is 19.6 Å². The molecule has 1 saturated heterocycles. The van der Waals surface area contributed by atoms with E-state index in [0.717, 1.165) is 60.4 Å². The fraction of sp³-hybridized carbons (Fsp3) is 0.375. The molecule has 1 aliphatic rings. The van der Waals surface area contributed by atoms with Gasteiger partial charge in [0.05, 0.1) is 5.69 Å². The number of pyridine rings is 1. The van der Waals surface area contributed by atoms with E-state index in [1.807, 2.05) is 32.2 Å². The maximum atomic E-state index is 13.4. The van der Waals surface area contributed by atoms with Crippen molar-refractivity contribution in [2.24, 2.45) is 0 Å². The first-order valence-corrected chi connectivity index (χ1v) is 10.8. The third-order valence-corrected chi connectivity index (χ3v) is 6.39. The van der Waals surface area contributed by atoms with Crippen LogP contribution in [0.25, 0.3) is 16.6 Å². The van der Waals surface area contributed by atoms with Crippen LogP contribution in [0.1, 0.15) is 41.3 Å². The van der Waals surface area contributed by atoms with Crippen LogP contribution in [-0.2, 0) is 6.42 Å². The molecule has 4 aromatic rings. The van der Waals surface area contributed by atoms with Gasteiger partial charge in [-0.2, -0.15) is 0 Å². The van der Waals surface area contributed by atoms with Gasteiger partial charge >= 0.3 is 0 Å². The van der Waals surface area contributed by atoms with Crippen molar-refractivity contribution in [1.29, 1.82) is 0 Å². The largest absolute Gasteiger partial charge is 0.356 e. The first-order chi connectivity index (χ1) is 15.0. The molecule has 1 aromatic carbocycles. The van der Waals surface area contributed by atoms with E-state index in [1.165, 1.54) is 12.1 Å². The van der Waals surface area contributed by atoms with Gasteiger partial charge in [-0.3, -0.25) is 9.20 Å². The van der Waals surface area contributed by atoms with Gasteiger partial charge in [-0.05, 0) is 70.0 Å². The molecule has 7 heteroatoms. The minimum atomic E-state index is -0.311. The molecule has 1 fully saturated rings. The zero-order valence-corrected chi connectivity index (χ0v) is 17.8. The van der Waals surface area contributed by atoms with E-state index >= 15 is 0 Å². The van der Waals surface area contributed by atoms with E-state index in [9.17, 15) is 9.18 Å². The molecule has 0 radical (unpaired) electrons. The molecule has 0 amide bonds. The van der Waals surface area contributed by atoms with Gasteiger partial charge in [-0.15, -0.1) is 0 Å². The standard InChI is InChI=1S/C24H25FN4O2/c1-15-3-6-22-26-16(2)19(24(30)29(22)14-15)9-12-28-10-7-17(8-11-28)23-20-5-4-18(25)13-21(20)31-27-23/h3-6,13-14,17H,7-12H2,1-2H3. The highest BCUT2D eigenvalue weighted by atomic mass is 19.1. The molecule has 4 heterocycles. The number of hydrogen-bond donors (Lipinski definition) is 0. The molecule has 160 valence electrons. The maximum Gasteiger partial charge on any atom is 0.261 e. The Hall–Kier alpha value is -3.06. The molecule has 0 bridgehead atoms. The van der Waals surface area contributed by atoms with Gasteiger partial charge in [0, 0.05) is 41.4 Å². The Balaban J connectivity index is 1.27. The van der Waals surface area contributed by atoms with Gasteiger partial charge in [0.15, 0.2) is 5.58 Å². The number of fused-ring (bicyclic) bond motifs is 2. The topological polar surface area (TPSA) is 63.6 Å². The van der Waals surface area contributed by atoms with Gasteiger partial charge in [-0.1, -0.05) is 11.2 Å².